The number of hydrogen-bond donors (Lipinski definition) is 0. The van der Waals surface area contributed by atoms with Crippen molar-refractivity contribution in [3.05, 3.63) is 107 Å². The zero-order valence-corrected chi connectivity index (χ0v) is 23.5. The summed E-state index contributed by atoms with van der Waals surface area (Å²) in [6, 6.07) is 18.2. The van der Waals surface area contributed by atoms with Gasteiger partial charge >= 0.3 is 5.97 Å². The summed E-state index contributed by atoms with van der Waals surface area (Å²) in [7, 11) is 0. The van der Waals surface area contributed by atoms with Gasteiger partial charge in [-0.25, -0.2) is 9.79 Å². The van der Waals surface area contributed by atoms with Crippen molar-refractivity contribution in [2.45, 2.75) is 26.8 Å². The summed E-state index contributed by atoms with van der Waals surface area (Å²) in [5, 5.41) is 0. The van der Waals surface area contributed by atoms with Crippen molar-refractivity contribution in [2.24, 2.45) is 4.99 Å². The number of carbonyl (C=O) groups is 1. The van der Waals surface area contributed by atoms with Crippen molar-refractivity contribution in [3.8, 4) is 17.1 Å². The van der Waals surface area contributed by atoms with E-state index in [-0.39, 0.29) is 12.2 Å². The molecule has 1 atom stereocenters. The zero-order valence-electron chi connectivity index (χ0n) is 21.1. The molecule has 2 aromatic heterocycles. The van der Waals surface area contributed by atoms with Gasteiger partial charge < -0.3 is 13.9 Å². The van der Waals surface area contributed by atoms with Crippen LogP contribution < -0.4 is 19.6 Å². The van der Waals surface area contributed by atoms with Crippen molar-refractivity contribution in [2.75, 3.05) is 13.2 Å². The number of para-hydroxylation sites is 1. The number of thiazole rings is 1. The molecule has 0 amide bonds. The maximum Gasteiger partial charge on any atom is 0.338 e. The highest BCUT2D eigenvalue weighted by Gasteiger charge is 2.35. The average Bonchev–Trinajstić information content (AvgIpc) is 3.49. The molecule has 2 aromatic carbocycles. The molecule has 0 spiro atoms. The van der Waals surface area contributed by atoms with Crippen molar-refractivity contribution in [1.29, 1.82) is 0 Å². The van der Waals surface area contributed by atoms with Gasteiger partial charge in [-0.15, -0.1) is 0 Å². The van der Waals surface area contributed by atoms with Crippen LogP contribution in [0.4, 0.5) is 0 Å². The minimum atomic E-state index is -0.745. The number of allylic oxidation sites excluding steroid dienone is 1. The maximum atomic E-state index is 13.8. The average molecular weight is 593 g/mol. The first-order valence-electron chi connectivity index (χ1n) is 12.2. The summed E-state index contributed by atoms with van der Waals surface area (Å²) < 4.78 is 20.3. The molecule has 0 unspecified atom stereocenters. The van der Waals surface area contributed by atoms with E-state index >= 15 is 0 Å². The second-order valence-electron chi connectivity index (χ2n) is 8.48. The van der Waals surface area contributed by atoms with Gasteiger partial charge in [0.05, 0.1) is 29.0 Å². The topological polar surface area (TPSA) is 83.0 Å². The second kappa shape index (κ2) is 11.0. The Bertz CT molecular complexity index is 1710. The molecule has 0 saturated carbocycles. The Morgan fingerprint density at radius 1 is 1.11 bits per heavy atom. The summed E-state index contributed by atoms with van der Waals surface area (Å²) in [6.07, 6.45) is 1.71. The minimum Gasteiger partial charge on any atom is -0.494 e. The highest BCUT2D eigenvalue weighted by molar-refractivity contribution is 9.10. The Labute approximate surface area is 231 Å². The number of benzene rings is 2. The number of halogens is 1. The monoisotopic (exact) mass is 592 g/mol. The van der Waals surface area contributed by atoms with Crippen LogP contribution in [0.2, 0.25) is 0 Å². The van der Waals surface area contributed by atoms with E-state index in [9.17, 15) is 9.59 Å². The van der Waals surface area contributed by atoms with Gasteiger partial charge in [-0.05, 0) is 51.1 Å². The van der Waals surface area contributed by atoms with Crippen LogP contribution in [-0.2, 0) is 9.53 Å². The number of furan rings is 1. The molecule has 9 heteroatoms. The van der Waals surface area contributed by atoms with E-state index in [0.29, 0.717) is 50.0 Å². The Kier molecular flexibility index (Phi) is 7.49. The number of ether oxygens (including phenoxy) is 2. The van der Waals surface area contributed by atoms with E-state index in [4.69, 9.17) is 13.9 Å². The summed E-state index contributed by atoms with van der Waals surface area (Å²) in [4.78, 5) is 32.1. The van der Waals surface area contributed by atoms with E-state index in [1.54, 1.807) is 24.5 Å². The largest absolute Gasteiger partial charge is 0.494 e. The van der Waals surface area contributed by atoms with Gasteiger partial charge in [0.2, 0.25) is 0 Å². The lowest BCUT2D eigenvalue weighted by atomic mass is 9.95. The first-order valence-corrected chi connectivity index (χ1v) is 13.8. The Morgan fingerprint density at radius 3 is 2.61 bits per heavy atom. The molecule has 38 heavy (non-hydrogen) atoms. The molecule has 1 aliphatic rings. The molecule has 0 radical (unpaired) electrons. The fourth-order valence-electron chi connectivity index (χ4n) is 4.41. The molecule has 3 heterocycles. The third-order valence-electron chi connectivity index (χ3n) is 6.06. The third-order valence-corrected chi connectivity index (χ3v) is 7.57. The summed E-state index contributed by atoms with van der Waals surface area (Å²) in [5.41, 5.74) is 2.16. The molecule has 4 aromatic rings. The van der Waals surface area contributed by atoms with Crippen molar-refractivity contribution in [1.82, 2.24) is 4.57 Å². The van der Waals surface area contributed by atoms with Crippen LogP contribution in [0.3, 0.4) is 0 Å². The fourth-order valence-corrected chi connectivity index (χ4v) is 5.70. The zero-order chi connectivity index (χ0) is 26.8. The van der Waals surface area contributed by atoms with Gasteiger partial charge in [-0.1, -0.05) is 57.6 Å². The number of carbonyl (C=O) groups excluding carboxylic acids is 1. The molecule has 1 aliphatic heterocycles. The number of hydrogen-bond acceptors (Lipinski definition) is 7. The third kappa shape index (κ3) is 4.91. The van der Waals surface area contributed by atoms with E-state index in [2.05, 4.69) is 20.9 Å². The number of nitrogens with zero attached hydrogens (tertiary/aromatic N) is 2. The SMILES string of the molecule is CCOC(=O)C1=C(C)N=c2s/c(=C\c3ccc(-c4ccc(Br)cc4)o3)c(=O)n2[C@@H]1c1ccccc1OCC. The summed E-state index contributed by atoms with van der Waals surface area (Å²) >= 11 is 4.69. The minimum absolute atomic E-state index is 0.207. The lowest BCUT2D eigenvalue weighted by molar-refractivity contribution is -0.139. The van der Waals surface area contributed by atoms with Crippen molar-refractivity contribution in [3.63, 3.8) is 0 Å². The number of esters is 1. The first-order chi connectivity index (χ1) is 18.4. The van der Waals surface area contributed by atoms with Crippen LogP contribution in [0.15, 0.2) is 90.6 Å². The van der Waals surface area contributed by atoms with Gasteiger partial charge in [0.25, 0.3) is 5.56 Å². The Hall–Kier alpha value is -3.69. The number of rotatable bonds is 7. The van der Waals surface area contributed by atoms with Crippen molar-refractivity contribution < 1.29 is 18.7 Å². The van der Waals surface area contributed by atoms with Crippen molar-refractivity contribution >= 4 is 39.3 Å². The molecular formula is C29H25BrN2O5S. The summed E-state index contributed by atoms with van der Waals surface area (Å²) in [5.74, 6) is 1.32. The van der Waals surface area contributed by atoms with Crippen LogP contribution in [0.5, 0.6) is 5.75 Å². The highest BCUT2D eigenvalue weighted by atomic mass is 79.9. The predicted octanol–water partition coefficient (Wildman–Crippen LogP) is 5.22. The molecule has 5 rings (SSSR count). The Balaban J connectivity index is 1.66. The molecule has 0 fully saturated rings. The molecule has 0 N–H and O–H groups in total. The van der Waals surface area contributed by atoms with Crippen LogP contribution >= 0.6 is 27.3 Å². The van der Waals surface area contributed by atoms with E-state index < -0.39 is 12.0 Å². The number of aromatic nitrogens is 1. The van der Waals surface area contributed by atoms with Gasteiger partial charge in [-0.2, -0.15) is 0 Å². The van der Waals surface area contributed by atoms with Gasteiger partial charge in [0, 0.05) is 21.7 Å². The van der Waals surface area contributed by atoms with Gasteiger partial charge in [-0.3, -0.25) is 9.36 Å². The van der Waals surface area contributed by atoms with Crippen LogP contribution in [0.25, 0.3) is 17.4 Å². The maximum absolute atomic E-state index is 13.8. The first kappa shape index (κ1) is 25.9. The van der Waals surface area contributed by atoms with Crippen LogP contribution in [-0.4, -0.2) is 23.8 Å². The van der Waals surface area contributed by atoms with Gasteiger partial charge in [0.1, 0.15) is 23.3 Å². The summed E-state index contributed by atoms with van der Waals surface area (Å²) in [6.45, 7) is 6.05. The lowest BCUT2D eigenvalue weighted by Gasteiger charge is -2.26. The molecule has 194 valence electrons. The highest BCUT2D eigenvalue weighted by Crippen LogP contribution is 2.36. The molecule has 0 bridgehead atoms. The van der Waals surface area contributed by atoms with E-state index in [1.165, 1.54) is 11.3 Å². The lowest BCUT2D eigenvalue weighted by Crippen LogP contribution is -2.40. The predicted molar refractivity (Wildman–Crippen MR) is 150 cm³/mol. The van der Waals surface area contributed by atoms with Gasteiger partial charge in [0.15, 0.2) is 4.80 Å². The Morgan fingerprint density at radius 2 is 1.87 bits per heavy atom. The second-order valence-corrected chi connectivity index (χ2v) is 10.4. The molecule has 7 nitrogen and oxygen atoms in total. The molecular weight excluding hydrogens is 568 g/mol. The smallest absolute Gasteiger partial charge is 0.338 e. The quantitative estimate of drug-likeness (QED) is 0.275. The molecule has 0 saturated heterocycles. The van der Waals surface area contributed by atoms with Crippen LogP contribution in [0, 0.1) is 0 Å². The standard InChI is InChI=1S/C29H25BrN2O5S/c1-4-35-23-9-7-6-8-21(23)26-25(28(34)36-5-2)17(3)31-29-32(26)27(33)24(38-29)16-20-14-15-22(37-20)18-10-12-19(30)13-11-18/h6-16,26H,4-5H2,1-3H3/b24-16-/t26-/m1/s1. The van der Waals surface area contributed by atoms with E-state index in [0.717, 1.165) is 10.0 Å². The van der Waals surface area contributed by atoms with Crippen LogP contribution in [0.1, 0.15) is 38.1 Å². The number of fused-ring (bicyclic) bond motifs is 1. The normalized spacial score (nSPS) is 15.3. The van der Waals surface area contributed by atoms with E-state index in [1.807, 2.05) is 67.6 Å². The fraction of sp³-hybridized carbons (Fsp3) is 0.207. The molecule has 0 aliphatic carbocycles.